The number of hydrogen-bond donors (Lipinski definition) is 1. The van der Waals surface area contributed by atoms with Crippen LogP contribution in [0.2, 0.25) is 5.15 Å². The van der Waals surface area contributed by atoms with Crippen molar-refractivity contribution in [1.82, 2.24) is 9.88 Å². The fourth-order valence-electron chi connectivity index (χ4n) is 2.75. The lowest BCUT2D eigenvalue weighted by molar-refractivity contribution is -0.142. The third kappa shape index (κ3) is 5.02. The molecule has 0 aliphatic heterocycles. The first-order valence-electron chi connectivity index (χ1n) is 8.07. The number of aromatic hydroxyl groups is 1. The molecule has 0 atom stereocenters. The number of rotatable bonds is 6. The van der Waals surface area contributed by atoms with E-state index in [4.69, 9.17) is 16.0 Å². The molecular formula is C19H16ClF3N2O2. The van der Waals surface area contributed by atoms with Gasteiger partial charge in [-0.15, -0.1) is 0 Å². The molecule has 0 unspecified atom stereocenters. The predicted molar refractivity (Wildman–Crippen MR) is 94.0 cm³/mol. The van der Waals surface area contributed by atoms with Crippen LogP contribution in [0.15, 0.2) is 59.2 Å². The zero-order valence-corrected chi connectivity index (χ0v) is 14.8. The van der Waals surface area contributed by atoms with Gasteiger partial charge >= 0.3 is 6.18 Å². The van der Waals surface area contributed by atoms with Gasteiger partial charge in [0.15, 0.2) is 5.69 Å². The number of hydrogen-bond acceptors (Lipinski definition) is 4. The summed E-state index contributed by atoms with van der Waals surface area (Å²) in [6.07, 6.45) is -3.12. The van der Waals surface area contributed by atoms with E-state index in [1.165, 1.54) is 24.5 Å². The van der Waals surface area contributed by atoms with E-state index in [2.05, 4.69) is 4.98 Å². The van der Waals surface area contributed by atoms with E-state index in [0.717, 1.165) is 0 Å². The van der Waals surface area contributed by atoms with Crippen LogP contribution in [-0.4, -0.2) is 15.0 Å². The van der Waals surface area contributed by atoms with Gasteiger partial charge in [-0.05, 0) is 29.8 Å². The van der Waals surface area contributed by atoms with Crippen LogP contribution < -0.4 is 0 Å². The van der Waals surface area contributed by atoms with Crippen molar-refractivity contribution in [3.63, 3.8) is 0 Å². The summed E-state index contributed by atoms with van der Waals surface area (Å²) in [5, 5.41) is 9.79. The van der Waals surface area contributed by atoms with Crippen molar-refractivity contribution in [1.29, 1.82) is 0 Å². The molecule has 8 heteroatoms. The molecule has 3 aromatic rings. The minimum absolute atomic E-state index is 0.00567. The van der Waals surface area contributed by atoms with Gasteiger partial charge < -0.3 is 9.52 Å². The Kier molecular flexibility index (Phi) is 5.72. The Morgan fingerprint density at radius 1 is 0.963 bits per heavy atom. The van der Waals surface area contributed by atoms with E-state index in [9.17, 15) is 18.3 Å². The van der Waals surface area contributed by atoms with Gasteiger partial charge in [-0.3, -0.25) is 4.90 Å². The van der Waals surface area contributed by atoms with E-state index < -0.39 is 11.9 Å². The molecule has 3 rings (SSSR count). The van der Waals surface area contributed by atoms with Crippen LogP contribution in [0.4, 0.5) is 13.2 Å². The first-order chi connectivity index (χ1) is 12.8. The topological polar surface area (TPSA) is 49.5 Å². The SMILES string of the molecule is Oc1ccccc1CN(Cc1ccco1)Cc1ccc(Cl)nc1C(F)(F)F. The van der Waals surface area contributed by atoms with Crippen molar-refractivity contribution in [2.45, 2.75) is 25.8 Å². The second kappa shape index (κ2) is 8.02. The Morgan fingerprint density at radius 3 is 2.37 bits per heavy atom. The lowest BCUT2D eigenvalue weighted by Crippen LogP contribution is -2.24. The summed E-state index contributed by atoms with van der Waals surface area (Å²) in [5.41, 5.74) is -0.426. The fourth-order valence-corrected chi connectivity index (χ4v) is 2.90. The molecular weight excluding hydrogens is 381 g/mol. The van der Waals surface area contributed by atoms with Crippen LogP contribution >= 0.6 is 11.6 Å². The smallest absolute Gasteiger partial charge is 0.433 e. The van der Waals surface area contributed by atoms with Crippen molar-refractivity contribution in [2.24, 2.45) is 0 Å². The highest BCUT2D eigenvalue weighted by Gasteiger charge is 2.36. The number of aromatic nitrogens is 1. The number of alkyl halides is 3. The van der Waals surface area contributed by atoms with Crippen LogP contribution in [0.3, 0.4) is 0 Å². The molecule has 0 saturated heterocycles. The maximum Gasteiger partial charge on any atom is 0.433 e. The number of benzene rings is 1. The van der Waals surface area contributed by atoms with Crippen LogP contribution in [0.1, 0.15) is 22.6 Å². The van der Waals surface area contributed by atoms with E-state index >= 15 is 0 Å². The van der Waals surface area contributed by atoms with Crippen molar-refractivity contribution in [3.05, 3.63) is 82.5 Å². The van der Waals surface area contributed by atoms with Crippen LogP contribution in [0.5, 0.6) is 5.75 Å². The molecule has 0 aliphatic carbocycles. The molecule has 0 fully saturated rings. The largest absolute Gasteiger partial charge is 0.508 e. The van der Waals surface area contributed by atoms with Crippen LogP contribution in [0.25, 0.3) is 0 Å². The monoisotopic (exact) mass is 396 g/mol. The zero-order chi connectivity index (χ0) is 19.4. The van der Waals surface area contributed by atoms with Gasteiger partial charge in [0, 0.05) is 18.7 Å². The average molecular weight is 397 g/mol. The molecule has 0 aliphatic rings. The van der Waals surface area contributed by atoms with Crippen molar-refractivity contribution in [2.75, 3.05) is 0 Å². The van der Waals surface area contributed by atoms with Crippen molar-refractivity contribution in [3.8, 4) is 5.75 Å². The number of phenols is 1. The summed E-state index contributed by atoms with van der Waals surface area (Å²) in [6, 6.07) is 12.8. The molecule has 1 aromatic carbocycles. The Labute approximate surface area is 158 Å². The fraction of sp³-hybridized carbons (Fsp3) is 0.211. The molecule has 142 valence electrons. The highest BCUT2D eigenvalue weighted by molar-refractivity contribution is 6.29. The summed E-state index contributed by atoms with van der Waals surface area (Å²) in [4.78, 5) is 5.19. The third-order valence-corrected chi connectivity index (χ3v) is 4.16. The Morgan fingerprint density at radius 2 is 1.70 bits per heavy atom. The molecule has 2 heterocycles. The summed E-state index contributed by atoms with van der Waals surface area (Å²) >= 11 is 5.65. The normalized spacial score (nSPS) is 11.9. The Bertz CT molecular complexity index is 898. The second-order valence-electron chi connectivity index (χ2n) is 5.99. The lowest BCUT2D eigenvalue weighted by Gasteiger charge is -2.23. The highest BCUT2D eigenvalue weighted by Crippen LogP contribution is 2.32. The average Bonchev–Trinajstić information content (AvgIpc) is 3.10. The molecule has 0 saturated carbocycles. The van der Waals surface area contributed by atoms with Crippen LogP contribution in [-0.2, 0) is 25.8 Å². The van der Waals surface area contributed by atoms with Gasteiger partial charge in [-0.25, -0.2) is 4.98 Å². The molecule has 0 bridgehead atoms. The number of halogens is 4. The minimum atomic E-state index is -4.62. The molecule has 0 spiro atoms. The zero-order valence-electron chi connectivity index (χ0n) is 14.1. The van der Waals surface area contributed by atoms with Gasteiger partial charge in [-0.1, -0.05) is 35.9 Å². The number of phenolic OH excluding ortho intramolecular Hbond substituents is 1. The first-order valence-corrected chi connectivity index (χ1v) is 8.45. The minimum Gasteiger partial charge on any atom is -0.508 e. The standard InChI is InChI=1S/C19H16ClF3N2O2/c20-17-8-7-14(18(24-17)19(21,22)23)11-25(12-15-5-3-9-27-15)10-13-4-1-2-6-16(13)26/h1-9,26H,10-12H2. The first kappa shape index (κ1) is 19.3. The van der Waals surface area contributed by atoms with Crippen molar-refractivity contribution < 1.29 is 22.7 Å². The van der Waals surface area contributed by atoms with Gasteiger partial charge in [0.1, 0.15) is 16.7 Å². The van der Waals surface area contributed by atoms with Gasteiger partial charge in [-0.2, -0.15) is 13.2 Å². The molecule has 2 aromatic heterocycles. The van der Waals surface area contributed by atoms with Gasteiger partial charge in [0.05, 0.1) is 12.8 Å². The second-order valence-corrected chi connectivity index (χ2v) is 6.38. The number of para-hydroxylation sites is 1. The maximum atomic E-state index is 13.3. The van der Waals surface area contributed by atoms with Crippen molar-refractivity contribution >= 4 is 11.6 Å². The summed E-state index contributed by atoms with van der Waals surface area (Å²) in [6.45, 7) is 0.447. The van der Waals surface area contributed by atoms with Gasteiger partial charge in [0.2, 0.25) is 0 Å². The number of pyridine rings is 1. The van der Waals surface area contributed by atoms with E-state index in [-0.39, 0.29) is 36.1 Å². The van der Waals surface area contributed by atoms with E-state index in [1.54, 1.807) is 35.2 Å². The Balaban J connectivity index is 1.91. The molecule has 1 N–H and O–H groups in total. The molecule has 0 amide bonds. The quantitative estimate of drug-likeness (QED) is 0.578. The molecule has 4 nitrogen and oxygen atoms in total. The summed E-state index contributed by atoms with van der Waals surface area (Å²) in [5.74, 6) is 0.674. The maximum absolute atomic E-state index is 13.3. The third-order valence-electron chi connectivity index (χ3n) is 3.95. The lowest BCUT2D eigenvalue weighted by atomic mass is 10.1. The van der Waals surface area contributed by atoms with Gasteiger partial charge in [0.25, 0.3) is 0 Å². The van der Waals surface area contributed by atoms with Crippen LogP contribution in [0, 0.1) is 0 Å². The van der Waals surface area contributed by atoms with E-state index in [0.29, 0.717) is 11.3 Å². The molecule has 0 radical (unpaired) electrons. The predicted octanol–water partition coefficient (Wildman–Crippen LogP) is 5.25. The highest BCUT2D eigenvalue weighted by atomic mass is 35.5. The summed E-state index contributed by atoms with van der Waals surface area (Å²) < 4.78 is 45.4. The Hall–Kier alpha value is -2.51. The number of furan rings is 1. The summed E-state index contributed by atoms with van der Waals surface area (Å²) in [7, 11) is 0. The van der Waals surface area contributed by atoms with E-state index in [1.807, 2.05) is 0 Å². The molecule has 27 heavy (non-hydrogen) atoms. The number of nitrogens with zero attached hydrogens (tertiary/aromatic N) is 2.